The van der Waals surface area contributed by atoms with Gasteiger partial charge in [-0.1, -0.05) is 6.08 Å². The molecule has 23 heteroatoms. The minimum atomic E-state index is -5.70. The number of aromatic nitrogens is 4. The van der Waals surface area contributed by atoms with Gasteiger partial charge >= 0.3 is 0 Å². The second-order valence-corrected chi connectivity index (χ2v) is 12.7. The number of nitrogens with zero attached hydrogens (tertiary/aromatic N) is 5. The van der Waals surface area contributed by atoms with E-state index in [1.165, 1.54) is 34.1 Å². The summed E-state index contributed by atoms with van der Waals surface area (Å²) in [5, 5.41) is 52.6. The quantitative estimate of drug-likeness (QED) is 0.140. The van der Waals surface area contributed by atoms with Gasteiger partial charge in [-0.3, -0.25) is 13.7 Å². The monoisotopic (exact) mass is 663 g/mol. The van der Waals surface area contributed by atoms with Gasteiger partial charge in [0.05, 0.1) is 25.5 Å². The lowest BCUT2D eigenvalue weighted by atomic mass is 10.1. The molecule has 0 aliphatic carbocycles. The summed E-state index contributed by atoms with van der Waals surface area (Å²) in [6.07, 6.45) is -6.09. The van der Waals surface area contributed by atoms with Crippen molar-refractivity contribution in [1.29, 1.82) is 0 Å². The van der Waals surface area contributed by atoms with Crippen LogP contribution in [0, 0.1) is 0 Å². The molecule has 5 heterocycles. The molecule has 242 valence electrons. The largest absolute Gasteiger partial charge is 0.756 e. The Balaban J connectivity index is 1.14. The number of carbonyl (C=O) groups is 1. The number of aliphatic hydroxyl groups is 4. The van der Waals surface area contributed by atoms with Crippen molar-refractivity contribution in [3.8, 4) is 0 Å². The number of carbonyl (C=O) groups excluding carboxylic acids is 1. The maximum absolute atomic E-state index is 12.3. The predicted molar refractivity (Wildman–Crippen MR) is 133 cm³/mol. The summed E-state index contributed by atoms with van der Waals surface area (Å²) in [5.41, 5.74) is 5.89. The number of nitrogens with two attached hydrogens (primary N) is 1. The van der Waals surface area contributed by atoms with E-state index in [1.807, 2.05) is 0 Å². The molecule has 2 unspecified atom stereocenters. The number of nitrogen functional groups attached to an aromatic ring is 1. The number of ether oxygens (including phenoxy) is 2. The van der Waals surface area contributed by atoms with Gasteiger partial charge in [-0.2, -0.15) is 0 Å². The number of aliphatic carboxylic acids is 1. The second kappa shape index (κ2) is 12.5. The molecule has 0 bridgehead atoms. The SMILES string of the molecule is Nc1ncnc2c1ncn2[C@@H]1O[C@H](COP(=O)([O-])OP(=O)([O-])OC[C@H]2O[C@@H](N3C=CC=C(C(=O)[O-])C3)[C@H](O)[C@@H]2O)[C@@H](O)[C@H]1O. The van der Waals surface area contributed by atoms with Crippen molar-refractivity contribution in [3.05, 3.63) is 36.6 Å². The fourth-order valence-electron chi connectivity index (χ4n) is 4.67. The van der Waals surface area contributed by atoms with Crippen molar-refractivity contribution in [2.24, 2.45) is 0 Å². The normalized spacial score (nSPS) is 33.3. The summed E-state index contributed by atoms with van der Waals surface area (Å²) < 4.78 is 49.7. The molecular formula is C21H25N6O15P2-3. The van der Waals surface area contributed by atoms with Crippen LogP contribution < -0.4 is 20.6 Å². The number of phosphoric acid groups is 2. The molecule has 2 fully saturated rings. The number of imidazole rings is 1. The van der Waals surface area contributed by atoms with Crippen molar-refractivity contribution < 1.29 is 72.1 Å². The van der Waals surface area contributed by atoms with Crippen molar-refractivity contribution in [3.63, 3.8) is 0 Å². The standard InChI is InChI=1S/C21H28N6O15P2/c22-17-12-18(24-7-23-17)27(8-25-12)20-16(31)14(29)11(41-20)6-39-44(36,37)42-43(34,35)38-5-10-13(28)15(30)19(40-10)26-3-1-2-9(4-26)21(32)33/h1-3,7-8,10-11,13-16,19-20,28-31H,4-6H2,(H,32,33)(H,34,35)(H,36,37)(H2,22,23,24)/p-3/t10-,11-,13-,14-,15-,16-,19-,20-/m1/s1. The van der Waals surface area contributed by atoms with Gasteiger partial charge in [0.2, 0.25) is 0 Å². The fraction of sp³-hybridized carbons (Fsp3) is 0.524. The van der Waals surface area contributed by atoms with Crippen molar-refractivity contribution in [2.45, 2.75) is 49.1 Å². The molecule has 6 N–H and O–H groups in total. The molecular weight excluding hydrogens is 638 g/mol. The molecule has 44 heavy (non-hydrogen) atoms. The summed E-state index contributed by atoms with van der Waals surface area (Å²) in [5.74, 6) is -1.44. The van der Waals surface area contributed by atoms with Crippen LogP contribution in [0.2, 0.25) is 0 Å². The Morgan fingerprint density at radius 1 is 0.977 bits per heavy atom. The summed E-state index contributed by atoms with van der Waals surface area (Å²) in [6, 6.07) is 0. The van der Waals surface area contributed by atoms with E-state index in [0.717, 1.165) is 6.33 Å². The highest BCUT2D eigenvalue weighted by atomic mass is 31.3. The highest BCUT2D eigenvalue weighted by Gasteiger charge is 2.47. The van der Waals surface area contributed by atoms with Crippen LogP contribution in [0.25, 0.3) is 11.2 Å². The van der Waals surface area contributed by atoms with E-state index in [4.69, 9.17) is 15.2 Å². The second-order valence-electron chi connectivity index (χ2n) is 9.74. The number of hydrogen-bond acceptors (Lipinski definition) is 20. The van der Waals surface area contributed by atoms with Gasteiger partial charge in [-0.05, 0) is 11.6 Å². The van der Waals surface area contributed by atoms with Gasteiger partial charge in [-0.15, -0.1) is 0 Å². The topological polar surface area (TPSA) is 320 Å². The zero-order chi connectivity index (χ0) is 32.0. The van der Waals surface area contributed by atoms with E-state index in [2.05, 4.69) is 28.3 Å². The lowest BCUT2D eigenvalue weighted by molar-refractivity contribution is -0.299. The maximum Gasteiger partial charge on any atom is 0.274 e. The molecule has 2 aromatic rings. The Morgan fingerprint density at radius 2 is 1.57 bits per heavy atom. The predicted octanol–water partition coefficient (Wildman–Crippen LogP) is -5.03. The van der Waals surface area contributed by atoms with Crippen molar-refractivity contribution in [2.75, 3.05) is 25.5 Å². The molecule has 5 rings (SSSR count). The number of allylic oxidation sites excluding steroid dienone is 2. The number of rotatable bonds is 11. The minimum absolute atomic E-state index is 0.0315. The Bertz CT molecular complexity index is 1550. The van der Waals surface area contributed by atoms with Crippen molar-refractivity contribution in [1.82, 2.24) is 24.4 Å². The summed E-state index contributed by atoms with van der Waals surface area (Å²) in [6.45, 7) is -2.27. The lowest BCUT2D eigenvalue weighted by Gasteiger charge is -2.32. The van der Waals surface area contributed by atoms with Crippen LogP contribution in [0.4, 0.5) is 5.82 Å². The zero-order valence-corrected chi connectivity index (χ0v) is 23.9. The number of anilines is 1. The van der Waals surface area contributed by atoms with Gasteiger partial charge in [-0.25, -0.2) is 19.3 Å². The van der Waals surface area contributed by atoms with Gasteiger partial charge in [0.1, 0.15) is 48.5 Å². The Kier molecular flexibility index (Phi) is 9.23. The Hall–Kier alpha value is -2.88. The number of hydrogen-bond donors (Lipinski definition) is 5. The first kappa shape index (κ1) is 32.5. The lowest BCUT2D eigenvalue weighted by Crippen LogP contribution is -2.44. The molecule has 3 aliphatic rings. The first-order valence-corrected chi connectivity index (χ1v) is 15.5. The molecule has 0 amide bonds. The summed E-state index contributed by atoms with van der Waals surface area (Å²) in [7, 11) is -11.4. The van der Waals surface area contributed by atoms with Gasteiger partial charge in [0.15, 0.2) is 23.9 Å². The fourth-order valence-corrected chi connectivity index (χ4v) is 6.69. The molecule has 0 saturated carbocycles. The third-order valence-corrected chi connectivity index (χ3v) is 9.38. The van der Waals surface area contributed by atoms with E-state index in [1.54, 1.807) is 0 Å². The van der Waals surface area contributed by atoms with Crippen LogP contribution in [-0.2, 0) is 36.8 Å². The summed E-state index contributed by atoms with van der Waals surface area (Å²) >= 11 is 0. The number of phosphoric ester groups is 2. The van der Waals surface area contributed by atoms with Crippen LogP contribution in [0.1, 0.15) is 6.23 Å². The van der Waals surface area contributed by atoms with E-state index < -0.39 is 83.9 Å². The number of fused-ring (bicyclic) bond motifs is 1. The highest BCUT2D eigenvalue weighted by molar-refractivity contribution is 7.59. The van der Waals surface area contributed by atoms with Crippen LogP contribution in [0.3, 0.4) is 0 Å². The van der Waals surface area contributed by atoms with E-state index >= 15 is 0 Å². The van der Waals surface area contributed by atoms with Crippen LogP contribution in [-0.4, -0.2) is 113 Å². The minimum Gasteiger partial charge on any atom is -0.756 e. The third kappa shape index (κ3) is 6.70. The Labute approximate surface area is 246 Å². The number of aliphatic hydroxyl groups excluding tert-OH is 4. The van der Waals surface area contributed by atoms with Gasteiger partial charge in [0.25, 0.3) is 15.6 Å². The molecule has 3 aliphatic heterocycles. The van der Waals surface area contributed by atoms with Crippen molar-refractivity contribution >= 4 is 38.6 Å². The van der Waals surface area contributed by atoms with Crippen LogP contribution in [0.15, 0.2) is 36.6 Å². The van der Waals surface area contributed by atoms with E-state index in [-0.39, 0.29) is 29.1 Å². The van der Waals surface area contributed by atoms with E-state index in [0.29, 0.717) is 0 Å². The van der Waals surface area contributed by atoms with E-state index in [9.17, 15) is 49.2 Å². The molecule has 2 aromatic heterocycles. The van der Waals surface area contributed by atoms with Crippen LogP contribution in [0.5, 0.6) is 0 Å². The average Bonchev–Trinajstić information content (AvgIpc) is 3.61. The highest BCUT2D eigenvalue weighted by Crippen LogP contribution is 2.56. The smallest absolute Gasteiger partial charge is 0.274 e. The molecule has 2 saturated heterocycles. The number of carboxylic acid groups (broad SMARTS) is 1. The average molecular weight is 663 g/mol. The zero-order valence-electron chi connectivity index (χ0n) is 22.1. The molecule has 0 radical (unpaired) electrons. The summed E-state index contributed by atoms with van der Waals surface area (Å²) in [4.78, 5) is 48.6. The first-order valence-electron chi connectivity index (χ1n) is 12.6. The molecule has 0 aromatic carbocycles. The maximum atomic E-state index is 12.3. The number of carboxylic acids is 1. The molecule has 21 nitrogen and oxygen atoms in total. The van der Waals surface area contributed by atoms with Crippen LogP contribution >= 0.6 is 15.6 Å². The Morgan fingerprint density at radius 3 is 2.18 bits per heavy atom. The third-order valence-electron chi connectivity index (χ3n) is 6.85. The first-order chi connectivity index (χ1) is 20.7. The molecule has 10 atom stereocenters. The van der Waals surface area contributed by atoms with Gasteiger partial charge in [0, 0.05) is 12.7 Å². The molecule has 0 spiro atoms. The van der Waals surface area contributed by atoms with Gasteiger partial charge < -0.3 is 69.3 Å².